The van der Waals surface area contributed by atoms with Gasteiger partial charge in [-0.15, -0.1) is 11.3 Å². The van der Waals surface area contributed by atoms with Crippen molar-refractivity contribution < 1.29 is 9.26 Å². The van der Waals surface area contributed by atoms with Crippen molar-refractivity contribution in [3.8, 4) is 0 Å². The Balaban J connectivity index is 1.69. The number of rotatable bonds is 6. The highest BCUT2D eigenvalue weighted by atomic mass is 32.1. The van der Waals surface area contributed by atoms with E-state index in [1.807, 2.05) is 0 Å². The lowest BCUT2D eigenvalue weighted by atomic mass is 10.1. The molecule has 9 heteroatoms. The predicted molar refractivity (Wildman–Crippen MR) is 109 cm³/mol. The third kappa shape index (κ3) is 3.87. The van der Waals surface area contributed by atoms with Crippen molar-refractivity contribution in [1.29, 1.82) is 0 Å². The summed E-state index contributed by atoms with van der Waals surface area (Å²) >= 11 is 1.72. The lowest BCUT2D eigenvalue weighted by molar-refractivity contribution is 0.0331. The van der Waals surface area contributed by atoms with Crippen LogP contribution in [0.1, 0.15) is 47.4 Å². The minimum Gasteiger partial charge on any atom is -0.379 e. The van der Waals surface area contributed by atoms with E-state index in [-0.39, 0.29) is 6.04 Å². The van der Waals surface area contributed by atoms with E-state index in [1.165, 1.54) is 10.4 Å². The molecule has 4 heterocycles. The lowest BCUT2D eigenvalue weighted by Gasteiger charge is -2.26. The van der Waals surface area contributed by atoms with Crippen LogP contribution in [0.15, 0.2) is 4.52 Å². The van der Waals surface area contributed by atoms with Crippen LogP contribution >= 0.6 is 11.3 Å². The van der Waals surface area contributed by atoms with E-state index in [4.69, 9.17) is 19.2 Å². The maximum atomic E-state index is 5.45. The first kappa shape index (κ1) is 19.2. The van der Waals surface area contributed by atoms with Crippen molar-refractivity contribution in [3.05, 3.63) is 28.0 Å². The molecule has 0 amide bonds. The summed E-state index contributed by atoms with van der Waals surface area (Å²) in [6, 6.07) is -0.0635. The van der Waals surface area contributed by atoms with E-state index in [0.717, 1.165) is 61.1 Å². The Hall–Kier alpha value is -2.10. The van der Waals surface area contributed by atoms with E-state index >= 15 is 0 Å². The lowest BCUT2D eigenvalue weighted by Crippen LogP contribution is -2.36. The van der Waals surface area contributed by atoms with Crippen LogP contribution < -0.4 is 5.32 Å². The van der Waals surface area contributed by atoms with Gasteiger partial charge in [-0.2, -0.15) is 4.98 Å². The van der Waals surface area contributed by atoms with Crippen molar-refractivity contribution in [3.63, 3.8) is 0 Å². The van der Waals surface area contributed by atoms with Crippen LogP contribution in [0, 0.1) is 20.8 Å². The smallest absolute Gasteiger partial charge is 0.223 e. The topological polar surface area (TPSA) is 89.2 Å². The fraction of sp³-hybridized carbons (Fsp3) is 0.579. The van der Waals surface area contributed by atoms with Crippen molar-refractivity contribution >= 4 is 27.4 Å². The number of aromatic nitrogens is 4. The second-order valence-electron chi connectivity index (χ2n) is 7.12. The number of nitrogens with one attached hydrogen (secondary N) is 1. The molecule has 1 saturated heterocycles. The van der Waals surface area contributed by atoms with Crippen LogP contribution in [0.2, 0.25) is 0 Å². The van der Waals surface area contributed by atoms with Gasteiger partial charge in [0.1, 0.15) is 16.5 Å². The molecule has 0 bridgehead atoms. The molecule has 1 aliphatic heterocycles. The Labute approximate surface area is 168 Å². The van der Waals surface area contributed by atoms with Gasteiger partial charge >= 0.3 is 0 Å². The van der Waals surface area contributed by atoms with Gasteiger partial charge < -0.3 is 14.6 Å². The van der Waals surface area contributed by atoms with Crippen molar-refractivity contribution in [2.45, 2.75) is 46.7 Å². The number of thiophene rings is 1. The average molecular weight is 403 g/mol. The fourth-order valence-electron chi connectivity index (χ4n) is 3.40. The highest BCUT2D eigenvalue weighted by Crippen LogP contribution is 2.35. The number of nitrogens with zero attached hydrogens (tertiary/aromatic N) is 5. The summed E-state index contributed by atoms with van der Waals surface area (Å²) in [5.41, 5.74) is 1.22. The first-order valence-electron chi connectivity index (χ1n) is 9.68. The second kappa shape index (κ2) is 8.10. The van der Waals surface area contributed by atoms with Gasteiger partial charge in [-0.3, -0.25) is 4.90 Å². The molecule has 0 radical (unpaired) electrons. The van der Waals surface area contributed by atoms with Crippen molar-refractivity contribution in [2.24, 2.45) is 0 Å². The van der Waals surface area contributed by atoms with Crippen LogP contribution in [0.3, 0.4) is 0 Å². The third-order valence-electron chi connectivity index (χ3n) is 5.12. The molecule has 4 rings (SSSR count). The molecule has 0 spiro atoms. The van der Waals surface area contributed by atoms with Crippen LogP contribution in [-0.2, 0) is 11.3 Å². The summed E-state index contributed by atoms with van der Waals surface area (Å²) < 4.78 is 10.6. The average Bonchev–Trinajstić information content (AvgIpc) is 3.24. The van der Waals surface area contributed by atoms with Gasteiger partial charge in [0.05, 0.1) is 31.2 Å². The number of morpholine rings is 1. The summed E-state index contributed by atoms with van der Waals surface area (Å²) in [6.07, 6.45) is 0.825. The molecular formula is C19H26N6O2S. The van der Waals surface area contributed by atoms with Crippen LogP contribution in [0.25, 0.3) is 10.2 Å². The Bertz CT molecular complexity index is 963. The molecular weight excluding hydrogens is 376 g/mol. The molecule has 28 heavy (non-hydrogen) atoms. The quantitative estimate of drug-likeness (QED) is 0.671. The molecule has 0 aromatic carbocycles. The van der Waals surface area contributed by atoms with Gasteiger partial charge in [0.2, 0.25) is 5.89 Å². The normalized spacial score (nSPS) is 16.6. The fourth-order valence-corrected chi connectivity index (χ4v) is 4.45. The van der Waals surface area contributed by atoms with Gasteiger partial charge in [-0.05, 0) is 25.8 Å². The first-order valence-corrected chi connectivity index (χ1v) is 10.5. The summed E-state index contributed by atoms with van der Waals surface area (Å²) in [6.45, 7) is 12.2. The number of hydrogen-bond acceptors (Lipinski definition) is 9. The SMILES string of the molecule is CCC(Nc1nc(CN2CCOCC2)nc2sc(C)c(C)c12)c1noc(C)n1. The Morgan fingerprint density at radius 1 is 1.14 bits per heavy atom. The second-order valence-corrected chi connectivity index (χ2v) is 8.32. The molecule has 0 saturated carbocycles. The van der Waals surface area contributed by atoms with E-state index < -0.39 is 0 Å². The maximum absolute atomic E-state index is 5.45. The standard InChI is InChI=1S/C19H26N6O2S/c1-5-14(17-20-13(4)27-24-17)21-18-16-11(2)12(3)28-19(16)23-15(22-18)10-25-6-8-26-9-7-25/h14H,5-10H2,1-4H3,(H,21,22,23). The molecule has 1 atom stereocenters. The van der Waals surface area contributed by atoms with E-state index in [2.05, 4.69) is 41.1 Å². The maximum Gasteiger partial charge on any atom is 0.223 e. The molecule has 8 nitrogen and oxygen atoms in total. The van der Waals surface area contributed by atoms with Gasteiger partial charge in [0, 0.05) is 24.9 Å². The molecule has 150 valence electrons. The van der Waals surface area contributed by atoms with Gasteiger partial charge in [0.25, 0.3) is 0 Å². The Kier molecular flexibility index (Phi) is 5.56. The van der Waals surface area contributed by atoms with Gasteiger partial charge in [-0.1, -0.05) is 12.1 Å². The van der Waals surface area contributed by atoms with E-state index in [0.29, 0.717) is 11.7 Å². The van der Waals surface area contributed by atoms with Crippen molar-refractivity contribution in [1.82, 2.24) is 25.0 Å². The van der Waals surface area contributed by atoms with Crippen molar-refractivity contribution in [2.75, 3.05) is 31.6 Å². The number of aryl methyl sites for hydroxylation is 3. The minimum absolute atomic E-state index is 0.0635. The van der Waals surface area contributed by atoms with Gasteiger partial charge in [-0.25, -0.2) is 9.97 Å². The Morgan fingerprint density at radius 3 is 2.61 bits per heavy atom. The number of hydrogen-bond donors (Lipinski definition) is 1. The number of fused-ring (bicyclic) bond motifs is 1. The summed E-state index contributed by atoms with van der Waals surface area (Å²) in [7, 11) is 0. The monoisotopic (exact) mass is 402 g/mol. The highest BCUT2D eigenvalue weighted by molar-refractivity contribution is 7.18. The van der Waals surface area contributed by atoms with Gasteiger partial charge in [0.15, 0.2) is 5.82 Å². The molecule has 1 N–H and O–H groups in total. The van der Waals surface area contributed by atoms with Crippen LogP contribution in [0.5, 0.6) is 0 Å². The molecule has 1 fully saturated rings. The summed E-state index contributed by atoms with van der Waals surface area (Å²) in [5.74, 6) is 2.91. The Morgan fingerprint density at radius 2 is 1.93 bits per heavy atom. The third-order valence-corrected chi connectivity index (χ3v) is 6.22. The largest absolute Gasteiger partial charge is 0.379 e. The summed E-state index contributed by atoms with van der Waals surface area (Å²) in [5, 5.41) is 8.75. The minimum atomic E-state index is -0.0635. The van der Waals surface area contributed by atoms with E-state index in [9.17, 15) is 0 Å². The molecule has 3 aromatic heterocycles. The van der Waals surface area contributed by atoms with Crippen LogP contribution in [0.4, 0.5) is 5.82 Å². The zero-order valence-corrected chi connectivity index (χ0v) is 17.6. The highest BCUT2D eigenvalue weighted by Gasteiger charge is 2.21. The first-order chi connectivity index (χ1) is 13.5. The predicted octanol–water partition coefficient (Wildman–Crippen LogP) is 3.39. The molecule has 3 aromatic rings. The molecule has 1 aliphatic rings. The molecule has 1 unspecified atom stereocenters. The van der Waals surface area contributed by atoms with E-state index in [1.54, 1.807) is 18.3 Å². The zero-order chi connectivity index (χ0) is 19.7. The zero-order valence-electron chi connectivity index (χ0n) is 16.8. The number of anilines is 1. The summed E-state index contributed by atoms with van der Waals surface area (Å²) in [4.78, 5) is 18.8. The van der Waals surface area contributed by atoms with Crippen LogP contribution in [-0.4, -0.2) is 51.3 Å². The number of ether oxygens (including phenoxy) is 1. The molecule has 0 aliphatic carbocycles.